The summed E-state index contributed by atoms with van der Waals surface area (Å²) in [6.45, 7) is 11.3. The van der Waals surface area contributed by atoms with E-state index < -0.39 is 23.3 Å². The van der Waals surface area contributed by atoms with Crippen LogP contribution in [-0.2, 0) is 0 Å². The zero-order chi connectivity index (χ0) is 16.3. The maximum absolute atomic E-state index is 12.2. The smallest absolute Gasteiger partial charge is 0.128 e. The number of hydrogen-bond acceptors (Lipinski definition) is 0. The molecular weight excluding hydrogens is 287 g/mol. The van der Waals surface area contributed by atoms with Gasteiger partial charge in [-0.25, -0.2) is 17.6 Å². The first-order valence-corrected chi connectivity index (χ1v) is 6.40. The van der Waals surface area contributed by atoms with Gasteiger partial charge in [0, 0.05) is 11.6 Å². The van der Waals surface area contributed by atoms with Crippen molar-refractivity contribution in [2.75, 3.05) is 0 Å². The SMILES string of the molecule is C=C/C(F)=C(/C)C(=C)F.CC.Fc1cc(F)cc(P)c1. The van der Waals surface area contributed by atoms with E-state index >= 15 is 0 Å². The van der Waals surface area contributed by atoms with Crippen molar-refractivity contribution in [2.24, 2.45) is 0 Å². The summed E-state index contributed by atoms with van der Waals surface area (Å²) in [6, 6.07) is 3.33. The quantitative estimate of drug-likeness (QED) is 0.390. The second kappa shape index (κ2) is 11.4. The lowest BCUT2D eigenvalue weighted by molar-refractivity contribution is 0.585. The molecule has 112 valence electrons. The molecule has 1 atom stereocenters. The van der Waals surface area contributed by atoms with Gasteiger partial charge in [0.2, 0.25) is 0 Å². The molecule has 0 amide bonds. The Labute approximate surface area is 120 Å². The van der Waals surface area contributed by atoms with Crippen LogP contribution < -0.4 is 5.30 Å². The Hall–Kier alpha value is -1.41. The second-order valence-corrected chi connectivity index (χ2v) is 3.95. The first-order valence-electron chi connectivity index (χ1n) is 5.83. The molecule has 0 aliphatic carbocycles. The fourth-order valence-corrected chi connectivity index (χ4v) is 1.18. The van der Waals surface area contributed by atoms with E-state index in [9.17, 15) is 17.6 Å². The maximum Gasteiger partial charge on any atom is 0.128 e. The molecule has 0 aliphatic heterocycles. The van der Waals surface area contributed by atoms with Gasteiger partial charge in [-0.05, 0) is 30.4 Å². The van der Waals surface area contributed by atoms with Gasteiger partial charge in [-0.15, -0.1) is 9.24 Å². The van der Waals surface area contributed by atoms with Crippen LogP contribution in [0.25, 0.3) is 0 Å². The average molecular weight is 306 g/mol. The van der Waals surface area contributed by atoms with Crippen molar-refractivity contribution >= 4 is 14.5 Å². The molecule has 1 rings (SSSR count). The van der Waals surface area contributed by atoms with E-state index in [0.717, 1.165) is 12.1 Å². The molecule has 20 heavy (non-hydrogen) atoms. The average Bonchev–Trinajstić information content (AvgIpc) is 2.38. The minimum atomic E-state index is -0.757. The summed E-state index contributed by atoms with van der Waals surface area (Å²) in [4.78, 5) is 0. The van der Waals surface area contributed by atoms with Gasteiger partial charge in [-0.2, -0.15) is 0 Å². The maximum atomic E-state index is 12.2. The monoisotopic (exact) mass is 306 g/mol. The van der Waals surface area contributed by atoms with E-state index in [1.165, 1.54) is 19.1 Å². The standard InChI is InChI=1S/C7H8F2.C6H5F2P.C2H6/c1-4-7(9)5(2)6(3)8;7-4-1-5(8)3-6(9)2-4;1-2/h4H,1,3H2,2H3;1-3H,9H2;1-2H3/b7-5+;;. The van der Waals surface area contributed by atoms with Crippen LogP contribution in [-0.4, -0.2) is 0 Å². The van der Waals surface area contributed by atoms with E-state index in [4.69, 9.17) is 0 Å². The van der Waals surface area contributed by atoms with Gasteiger partial charge in [0.05, 0.1) is 0 Å². The molecule has 1 aromatic carbocycles. The highest BCUT2D eigenvalue weighted by Gasteiger charge is 1.99. The lowest BCUT2D eigenvalue weighted by Gasteiger charge is -1.93. The zero-order valence-electron chi connectivity index (χ0n) is 11.8. The number of allylic oxidation sites excluding steroid dienone is 4. The summed E-state index contributed by atoms with van der Waals surface area (Å²) in [5, 5.41) is 0.521. The van der Waals surface area contributed by atoms with Crippen molar-refractivity contribution < 1.29 is 17.6 Å². The predicted octanol–water partition coefficient (Wildman–Crippen LogP) is 5.39. The molecule has 0 aliphatic rings. The minimum Gasteiger partial charge on any atom is -0.207 e. The summed E-state index contributed by atoms with van der Waals surface area (Å²) in [6.07, 6.45) is 0.945. The molecule has 0 fully saturated rings. The summed E-state index contributed by atoms with van der Waals surface area (Å²) < 4.78 is 48.6. The molecule has 5 heteroatoms. The van der Waals surface area contributed by atoms with Gasteiger partial charge in [0.15, 0.2) is 0 Å². The second-order valence-electron chi connectivity index (χ2n) is 3.28. The molecule has 1 unspecified atom stereocenters. The largest absolute Gasteiger partial charge is 0.207 e. The van der Waals surface area contributed by atoms with Gasteiger partial charge in [-0.3, -0.25) is 0 Å². The highest BCUT2D eigenvalue weighted by Crippen LogP contribution is 2.14. The van der Waals surface area contributed by atoms with Crippen LogP contribution in [0.5, 0.6) is 0 Å². The molecule has 0 N–H and O–H groups in total. The number of halogens is 4. The molecule has 0 heterocycles. The van der Waals surface area contributed by atoms with Crippen LogP contribution in [0, 0.1) is 11.6 Å². The van der Waals surface area contributed by atoms with Crippen molar-refractivity contribution in [3.8, 4) is 0 Å². The van der Waals surface area contributed by atoms with E-state index in [0.29, 0.717) is 5.30 Å². The Morgan fingerprint density at radius 1 is 1.10 bits per heavy atom. The Morgan fingerprint density at radius 2 is 1.50 bits per heavy atom. The Balaban J connectivity index is 0. The molecule has 0 radical (unpaired) electrons. The third kappa shape index (κ3) is 9.51. The number of benzene rings is 1. The minimum absolute atomic E-state index is 0.0926. The van der Waals surface area contributed by atoms with Gasteiger partial charge in [-0.1, -0.05) is 27.0 Å². The Morgan fingerprint density at radius 3 is 1.70 bits per heavy atom. The van der Waals surface area contributed by atoms with Crippen LogP contribution in [0.3, 0.4) is 0 Å². The topological polar surface area (TPSA) is 0 Å². The van der Waals surface area contributed by atoms with E-state index in [2.05, 4.69) is 22.4 Å². The molecule has 0 spiro atoms. The van der Waals surface area contributed by atoms with E-state index in [1.54, 1.807) is 0 Å². The third-order valence-electron chi connectivity index (χ3n) is 1.83. The third-order valence-corrected chi connectivity index (χ3v) is 2.16. The molecule has 0 saturated carbocycles. The summed E-state index contributed by atoms with van der Waals surface area (Å²) in [5.41, 5.74) is -0.0926. The highest BCUT2D eigenvalue weighted by molar-refractivity contribution is 7.27. The summed E-state index contributed by atoms with van der Waals surface area (Å²) in [7, 11) is 2.22. The van der Waals surface area contributed by atoms with Crippen molar-refractivity contribution in [1.29, 1.82) is 0 Å². The van der Waals surface area contributed by atoms with Crippen LogP contribution in [0.1, 0.15) is 20.8 Å². The first kappa shape index (κ1) is 20.9. The number of rotatable bonds is 2. The van der Waals surface area contributed by atoms with Gasteiger partial charge in [0.25, 0.3) is 0 Å². The summed E-state index contributed by atoms with van der Waals surface area (Å²) in [5.74, 6) is -2.50. The normalized spacial score (nSPS) is 10.2. The highest BCUT2D eigenvalue weighted by atomic mass is 31.0. The van der Waals surface area contributed by atoms with Crippen LogP contribution in [0.2, 0.25) is 0 Å². The molecule has 0 bridgehead atoms. The van der Waals surface area contributed by atoms with Gasteiger partial charge >= 0.3 is 0 Å². The molecule has 0 aromatic heterocycles. The lowest BCUT2D eigenvalue weighted by atomic mass is 10.2. The van der Waals surface area contributed by atoms with E-state index in [-0.39, 0.29) is 5.57 Å². The van der Waals surface area contributed by atoms with Crippen molar-refractivity contribution in [2.45, 2.75) is 20.8 Å². The van der Waals surface area contributed by atoms with Crippen molar-refractivity contribution in [3.05, 3.63) is 66.3 Å². The molecular formula is C15H19F4P. The Bertz CT molecular complexity index is 428. The van der Waals surface area contributed by atoms with Crippen LogP contribution in [0.4, 0.5) is 17.6 Å². The molecule has 1 aromatic rings. The number of hydrogen-bond donors (Lipinski definition) is 0. The molecule has 0 nitrogen and oxygen atoms in total. The molecule has 0 saturated heterocycles. The first-order chi connectivity index (χ1) is 9.27. The fraction of sp³-hybridized carbons (Fsp3) is 0.200. The Kier molecular flexibility index (Phi) is 11.9. The van der Waals surface area contributed by atoms with E-state index in [1.807, 2.05) is 13.8 Å². The van der Waals surface area contributed by atoms with Gasteiger partial charge < -0.3 is 0 Å². The fourth-order valence-electron chi connectivity index (χ4n) is 0.858. The zero-order valence-corrected chi connectivity index (χ0v) is 13.0. The van der Waals surface area contributed by atoms with Gasteiger partial charge in [0.1, 0.15) is 23.3 Å². The lowest BCUT2D eigenvalue weighted by Crippen LogP contribution is -1.92. The van der Waals surface area contributed by atoms with Crippen LogP contribution in [0.15, 0.2) is 54.7 Å². The predicted molar refractivity (Wildman–Crippen MR) is 81.3 cm³/mol. The van der Waals surface area contributed by atoms with Crippen LogP contribution >= 0.6 is 9.24 Å². The van der Waals surface area contributed by atoms with Crippen molar-refractivity contribution in [3.63, 3.8) is 0 Å². The van der Waals surface area contributed by atoms with Crippen molar-refractivity contribution in [1.82, 2.24) is 0 Å². The summed E-state index contributed by atoms with van der Waals surface area (Å²) >= 11 is 0.